The molecular weight excluding hydrogens is 1910 g/mol. The van der Waals surface area contributed by atoms with Gasteiger partial charge in [0.1, 0.15) is 95.0 Å². The average Bonchev–Trinajstić information content (AvgIpc) is 1.58. The summed E-state index contributed by atoms with van der Waals surface area (Å²) < 4.78 is 104. The summed E-state index contributed by atoms with van der Waals surface area (Å²) in [6.07, 6.45) is 16.2. The Morgan fingerprint density at radius 3 is 1.24 bits per heavy atom. The fraction of sp³-hybridized carbons (Fsp3) is 0.0917. The highest BCUT2D eigenvalue weighted by atomic mass is 35.5. The van der Waals surface area contributed by atoms with Crippen LogP contribution in [0.2, 0.25) is 20.6 Å². The molecule has 33 heteroatoms. The molecule has 0 fully saturated rings. The summed E-state index contributed by atoms with van der Waals surface area (Å²) in [6.45, 7) is 4.15. The Hall–Kier alpha value is -16.9. The van der Waals surface area contributed by atoms with Crippen LogP contribution >= 0.6 is 46.4 Å². The molecule has 24 nitrogen and oxygen atoms in total. The van der Waals surface area contributed by atoms with Gasteiger partial charge in [-0.05, 0) is 135 Å². The molecule has 24 rings (SSSR count). The number of pyridine rings is 5. The third-order valence-corrected chi connectivity index (χ3v) is 26.8. The van der Waals surface area contributed by atoms with Crippen LogP contribution in [0.15, 0.2) is 268 Å². The van der Waals surface area contributed by atoms with Crippen LogP contribution in [0.3, 0.4) is 0 Å². The molecule has 0 saturated carbocycles. The number of carboxylic acid groups (broad SMARTS) is 4. The van der Waals surface area contributed by atoms with E-state index in [4.69, 9.17) is 64.4 Å². The number of hydrogen-bond donors (Lipinski definition) is 5. The Labute approximate surface area is 816 Å². The molecule has 702 valence electrons. The number of halogens is 9. The first-order chi connectivity index (χ1) is 68.5. The van der Waals surface area contributed by atoms with Gasteiger partial charge in [-0.15, -0.1) is 0 Å². The lowest BCUT2D eigenvalue weighted by molar-refractivity contribution is -0.113. The van der Waals surface area contributed by atoms with Crippen molar-refractivity contribution in [1.82, 2.24) is 43.2 Å². The van der Waals surface area contributed by atoms with Crippen molar-refractivity contribution in [1.29, 1.82) is 0 Å². The van der Waals surface area contributed by atoms with Crippen LogP contribution in [-0.2, 0) is 42.2 Å². The number of para-hydroxylation sites is 2. The van der Waals surface area contributed by atoms with Crippen LogP contribution in [0, 0.1) is 42.9 Å². The number of carbonyl (C=O) groups is 6. The van der Waals surface area contributed by atoms with Gasteiger partial charge in [-0.25, -0.2) is 61.1 Å². The van der Waals surface area contributed by atoms with Crippen LogP contribution < -0.4 is 10.3 Å². The number of benzene rings is 9. The van der Waals surface area contributed by atoms with Gasteiger partial charge in [0.15, 0.2) is 11.6 Å². The maximum absolute atomic E-state index is 15.1. The third kappa shape index (κ3) is 16.0. The minimum atomic E-state index is -1.30. The number of aromatic nitrogens is 9. The highest BCUT2D eigenvalue weighted by molar-refractivity contribution is 6.34. The summed E-state index contributed by atoms with van der Waals surface area (Å²) in [5.41, 5.74) is 9.28. The van der Waals surface area contributed by atoms with Gasteiger partial charge in [0.05, 0.1) is 139 Å². The van der Waals surface area contributed by atoms with Crippen LogP contribution in [0.4, 0.5) is 22.0 Å². The second-order valence-electron chi connectivity index (χ2n) is 34.1. The Morgan fingerprint density at radius 1 is 0.394 bits per heavy atom. The second kappa shape index (κ2) is 36.5. The Morgan fingerprint density at radius 2 is 0.775 bits per heavy atom. The first-order valence-electron chi connectivity index (χ1n) is 44.1. The van der Waals surface area contributed by atoms with Crippen LogP contribution in [-0.4, -0.2) is 106 Å². The smallest absolute Gasteiger partial charge is 0.353 e. The molecule has 0 atom stereocenters. The molecule has 13 heterocycles. The van der Waals surface area contributed by atoms with Crippen molar-refractivity contribution in [2.75, 3.05) is 6.61 Å². The van der Waals surface area contributed by atoms with E-state index in [1.165, 1.54) is 110 Å². The number of fused-ring (bicyclic) bond motifs is 16. The number of ketones is 2. The van der Waals surface area contributed by atoms with Gasteiger partial charge in [0, 0.05) is 114 Å². The Kier molecular flexibility index (Phi) is 23.5. The average molecular weight is 1980 g/mol. The molecule has 5 N–H and O–H groups in total. The van der Waals surface area contributed by atoms with E-state index >= 15 is 17.6 Å². The van der Waals surface area contributed by atoms with E-state index in [0.717, 1.165) is 32.7 Å². The zero-order valence-electron chi connectivity index (χ0n) is 74.1. The lowest BCUT2D eigenvalue weighted by Gasteiger charge is -2.13. The minimum Gasteiger partial charge on any atom is -0.492 e. The maximum atomic E-state index is 15.1. The molecule has 0 bridgehead atoms. The van der Waals surface area contributed by atoms with Gasteiger partial charge < -0.3 is 61.7 Å². The van der Waals surface area contributed by atoms with E-state index in [9.17, 15) is 58.4 Å². The first-order valence-corrected chi connectivity index (χ1v) is 45.6. The van der Waals surface area contributed by atoms with E-state index in [2.05, 4.69) is 24.9 Å². The van der Waals surface area contributed by atoms with E-state index in [1.54, 1.807) is 48.6 Å². The summed E-state index contributed by atoms with van der Waals surface area (Å²) in [5.74, 6) is -8.04. The van der Waals surface area contributed by atoms with Crippen molar-refractivity contribution >= 4 is 213 Å². The highest BCUT2D eigenvalue weighted by Crippen LogP contribution is 2.49. The number of H-pyrrole nitrogens is 1. The predicted molar refractivity (Wildman–Crippen MR) is 532 cm³/mol. The van der Waals surface area contributed by atoms with Crippen LogP contribution in [0.1, 0.15) is 105 Å². The number of hydrogen-bond acceptors (Lipinski definition) is 15. The van der Waals surface area contributed by atoms with E-state index in [-0.39, 0.29) is 195 Å². The fourth-order valence-electron chi connectivity index (χ4n) is 19.3. The molecule has 21 aromatic rings. The molecule has 0 saturated heterocycles. The second-order valence-corrected chi connectivity index (χ2v) is 35.5. The quantitative estimate of drug-likeness (QED) is 0.0443. The molecule has 2 aliphatic carbocycles. The number of allylic oxidation sites excluding steroid dienone is 8. The van der Waals surface area contributed by atoms with Crippen LogP contribution in [0.5, 0.6) is 5.75 Å². The van der Waals surface area contributed by atoms with Gasteiger partial charge in [0.2, 0.25) is 0 Å². The number of Topliss-reactive ketones (excluding diaryl/α,β-unsaturated/α-hetero) is 2. The zero-order chi connectivity index (χ0) is 98.8. The molecule has 0 spiro atoms. The molecule has 0 unspecified atom stereocenters. The number of nitrogens with zero attached hydrogens (tertiary/aromatic N) is 8. The topological polar surface area (TPSA) is 336 Å². The number of ether oxygens (including phenoxy) is 1. The summed E-state index contributed by atoms with van der Waals surface area (Å²) in [5, 5.41) is 47.5. The molecule has 0 amide bonds. The maximum Gasteiger partial charge on any atom is 0.353 e. The summed E-state index contributed by atoms with van der Waals surface area (Å²) in [6, 6.07) is 52.2. The lowest BCUT2D eigenvalue weighted by Crippen LogP contribution is -2.14. The van der Waals surface area contributed by atoms with Crippen molar-refractivity contribution in [2.24, 2.45) is 0 Å². The summed E-state index contributed by atoms with van der Waals surface area (Å²) in [4.78, 5) is 110. The first kappa shape index (κ1) is 91.5. The van der Waals surface area contributed by atoms with Crippen molar-refractivity contribution in [3.05, 3.63) is 382 Å². The van der Waals surface area contributed by atoms with Crippen molar-refractivity contribution < 1.29 is 89.1 Å². The molecule has 12 aromatic heterocycles. The van der Waals surface area contributed by atoms with Crippen molar-refractivity contribution in [3.8, 4) is 28.0 Å². The number of carbonyl (C=O) groups excluding carboxylic acids is 2. The number of nitrogens with one attached hydrogen (secondary N) is 1. The zero-order valence-corrected chi connectivity index (χ0v) is 77.1. The minimum absolute atomic E-state index is 0.00316. The summed E-state index contributed by atoms with van der Waals surface area (Å²) >= 11 is 26.0. The Balaban J connectivity index is 0.000000112. The van der Waals surface area contributed by atoms with E-state index < -0.39 is 58.5 Å². The number of aryl methyl sites for hydroxylation is 2. The molecular formula is C109H68Cl4F5N9O15. The Bertz CT molecular complexity index is 9320. The number of aromatic amines is 1. The fourth-order valence-corrected chi connectivity index (χ4v) is 20.1. The predicted octanol–water partition coefficient (Wildman–Crippen LogP) is 25.7. The lowest BCUT2D eigenvalue weighted by atomic mass is 9.92. The number of aromatic carboxylic acids is 4. The monoisotopic (exact) mass is 1980 g/mol. The van der Waals surface area contributed by atoms with Gasteiger partial charge in [-0.2, -0.15) is 0 Å². The molecule has 0 radical (unpaired) electrons. The standard InChI is InChI=1S/C28H18ClFN2O4.C27H15ClF2N2O3.C27H17ClFN3O4.C27H18ClFN2O4/c1-14-6-7-20-15(10-14)11-16(27(29)31-20)13-32-21-12-19(30)17-8-9-36-26(17)24(21)23(25(32)28(34)35)18-4-2-3-5-22(18)33;28-26-15(11-14-5-1-4-8-20(14)31-26)13-32-21-12-19(30)17-9-10-35-25(17)23(21)22(24(32)27(33)34)16-6-2-3-7-18(16)29;1-13-4-5-14-10-15(25(28)31-19(14)9-13)12-32-20-11-18(29)16-6-8-36-24(16)22(20)21(23(32)27(34)35)17-3-2-7-30-26(17)33;28-26-15(11-14-5-1-3-7-19(14)30-26)13-31-20-12-18(29)16-9-10-35-25(16)23(20)22(24(31)27(33)34)17-6-2-4-8-21(17)32/h2-4,6-12H,5,13H2,1H3,(H,34,35);1-12H,13H2,(H,33,34);2-11H,12H2,1H3,(H,30,33)(H,34,35);1-7,11-12H,8-10,13H2,(H,33,34). The van der Waals surface area contributed by atoms with Gasteiger partial charge in [0.25, 0.3) is 5.56 Å². The van der Waals surface area contributed by atoms with Gasteiger partial charge >= 0.3 is 23.9 Å². The van der Waals surface area contributed by atoms with Gasteiger partial charge in [-0.3, -0.25) is 14.4 Å². The summed E-state index contributed by atoms with van der Waals surface area (Å²) in [7, 11) is 0. The molecule has 3 aliphatic rings. The SMILES string of the molecule is Cc1ccc2cc(Cn3c(C(=O)O)c(-c4ccc[nH]c4=O)c4c5occc5c(F)cc43)c(Cl)nc2c1.Cc1ccc2nc(Cl)c(Cn3c(C(=O)O)c(C4=CC=CCC4=O)c4c5occc5c(F)cc43)cc2c1.O=C(O)c1c(-c2ccccc2F)c2c3occc3c(F)cc2n1Cc1cc2ccccc2nc1Cl.O=C1CC=CC=C1c1c(C(=O)O)n(Cc2cc3ccccc3nc2Cl)c2cc(F)c3c(c12)OCC3. The van der Waals surface area contributed by atoms with Crippen molar-refractivity contribution in [3.63, 3.8) is 0 Å². The number of furan rings is 3. The normalized spacial score (nSPS) is 13.0. The molecule has 9 aromatic carbocycles. The van der Waals surface area contributed by atoms with E-state index in [0.29, 0.717) is 89.1 Å². The molecule has 142 heavy (non-hydrogen) atoms. The highest BCUT2D eigenvalue weighted by Gasteiger charge is 2.38. The number of carboxylic acids is 4. The third-order valence-electron chi connectivity index (χ3n) is 25.5. The molecule has 1 aliphatic heterocycles. The number of rotatable bonds is 16. The largest absolute Gasteiger partial charge is 0.492 e. The van der Waals surface area contributed by atoms with Crippen molar-refractivity contribution in [2.45, 2.75) is 59.3 Å². The van der Waals surface area contributed by atoms with E-state index in [1.807, 2.05) is 123 Å². The van der Waals surface area contributed by atoms with Gasteiger partial charge in [-0.1, -0.05) is 161 Å². The van der Waals surface area contributed by atoms with Crippen LogP contribution in [0.25, 0.3) is 154 Å².